The monoisotopic (exact) mass is 422 g/mol. The predicted octanol–water partition coefficient (Wildman–Crippen LogP) is 3.10. The number of carbonyl (C=O) groups excluding carboxylic acids is 2. The van der Waals surface area contributed by atoms with Crippen LogP contribution in [0.15, 0.2) is 48.7 Å². The van der Waals surface area contributed by atoms with E-state index in [0.29, 0.717) is 23.0 Å². The van der Waals surface area contributed by atoms with Crippen LogP contribution >= 0.6 is 0 Å². The Morgan fingerprint density at radius 3 is 2.45 bits per heavy atom. The summed E-state index contributed by atoms with van der Waals surface area (Å²) in [5.41, 5.74) is 2.04. The van der Waals surface area contributed by atoms with E-state index in [1.165, 1.54) is 11.8 Å². The normalized spacial score (nSPS) is 14.9. The number of nitrogens with one attached hydrogen (secondary N) is 2. The SMILES string of the molecule is COc1ccc(-c2cnn3c2NC(=O)CC3C(=O)Nc2ccc(OC)cc2OC)cc1. The molecule has 9 heteroatoms. The zero-order valence-corrected chi connectivity index (χ0v) is 17.3. The Bertz CT molecular complexity index is 1120. The molecule has 31 heavy (non-hydrogen) atoms. The van der Waals surface area contributed by atoms with E-state index in [-0.39, 0.29) is 18.2 Å². The number of ether oxygens (including phenoxy) is 3. The molecule has 2 N–H and O–H groups in total. The topological polar surface area (TPSA) is 104 Å². The number of nitrogens with zero attached hydrogens (tertiary/aromatic N) is 2. The fourth-order valence-corrected chi connectivity index (χ4v) is 3.47. The highest BCUT2D eigenvalue weighted by molar-refractivity contribution is 6.03. The molecular weight excluding hydrogens is 400 g/mol. The fraction of sp³-hybridized carbons (Fsp3) is 0.227. The van der Waals surface area contributed by atoms with Crippen LogP contribution in [0.3, 0.4) is 0 Å². The highest BCUT2D eigenvalue weighted by Crippen LogP contribution is 2.36. The number of hydrogen-bond acceptors (Lipinski definition) is 6. The first-order valence-electron chi connectivity index (χ1n) is 9.58. The summed E-state index contributed by atoms with van der Waals surface area (Å²) >= 11 is 0. The quantitative estimate of drug-likeness (QED) is 0.633. The number of benzene rings is 2. The van der Waals surface area contributed by atoms with E-state index in [4.69, 9.17) is 14.2 Å². The van der Waals surface area contributed by atoms with Gasteiger partial charge < -0.3 is 24.8 Å². The van der Waals surface area contributed by atoms with Crippen LogP contribution in [0.25, 0.3) is 11.1 Å². The standard InChI is InChI=1S/C22H22N4O5/c1-29-14-6-4-13(5-7-14)16-12-23-26-18(11-20(27)25-21(16)26)22(28)24-17-9-8-15(30-2)10-19(17)31-3/h4-10,12,18H,11H2,1-3H3,(H,24,28)(H,25,27). The van der Waals surface area contributed by atoms with Crippen LogP contribution < -0.4 is 24.8 Å². The summed E-state index contributed by atoms with van der Waals surface area (Å²) in [6, 6.07) is 11.7. The van der Waals surface area contributed by atoms with Gasteiger partial charge >= 0.3 is 0 Å². The third-order valence-electron chi connectivity index (χ3n) is 5.10. The molecule has 4 rings (SSSR count). The molecule has 2 amide bonds. The molecule has 2 aromatic carbocycles. The summed E-state index contributed by atoms with van der Waals surface area (Å²) in [7, 11) is 4.65. The van der Waals surface area contributed by atoms with E-state index in [2.05, 4.69) is 15.7 Å². The van der Waals surface area contributed by atoms with Crippen molar-refractivity contribution in [2.45, 2.75) is 12.5 Å². The lowest BCUT2D eigenvalue weighted by Gasteiger charge is -2.25. The van der Waals surface area contributed by atoms with Gasteiger partial charge in [0.15, 0.2) is 0 Å². The smallest absolute Gasteiger partial charge is 0.249 e. The van der Waals surface area contributed by atoms with Gasteiger partial charge in [-0.2, -0.15) is 5.10 Å². The van der Waals surface area contributed by atoms with Gasteiger partial charge in [-0.1, -0.05) is 12.1 Å². The van der Waals surface area contributed by atoms with Crippen molar-refractivity contribution >= 4 is 23.3 Å². The Hall–Kier alpha value is -4.01. The molecule has 0 spiro atoms. The number of fused-ring (bicyclic) bond motifs is 1. The average Bonchev–Trinajstić information content (AvgIpc) is 3.22. The molecule has 0 saturated heterocycles. The zero-order valence-electron chi connectivity index (χ0n) is 17.3. The van der Waals surface area contributed by atoms with Crippen molar-refractivity contribution in [3.8, 4) is 28.4 Å². The number of amides is 2. The number of rotatable bonds is 6. The fourth-order valence-electron chi connectivity index (χ4n) is 3.47. The molecule has 160 valence electrons. The maximum atomic E-state index is 13.1. The molecule has 1 aliphatic heterocycles. The third kappa shape index (κ3) is 3.89. The highest BCUT2D eigenvalue weighted by atomic mass is 16.5. The van der Waals surface area contributed by atoms with Crippen molar-refractivity contribution in [2.24, 2.45) is 0 Å². The Morgan fingerprint density at radius 1 is 1.06 bits per heavy atom. The van der Waals surface area contributed by atoms with Gasteiger partial charge in [0.2, 0.25) is 11.8 Å². The summed E-state index contributed by atoms with van der Waals surface area (Å²) in [5.74, 6) is 1.62. The van der Waals surface area contributed by atoms with Gasteiger partial charge in [-0.05, 0) is 29.8 Å². The van der Waals surface area contributed by atoms with E-state index >= 15 is 0 Å². The van der Waals surface area contributed by atoms with Gasteiger partial charge in [0.05, 0.1) is 39.6 Å². The minimum absolute atomic E-state index is 0.0267. The zero-order chi connectivity index (χ0) is 22.0. The third-order valence-corrected chi connectivity index (χ3v) is 5.10. The number of carbonyl (C=O) groups is 2. The van der Waals surface area contributed by atoms with Crippen LogP contribution in [0.4, 0.5) is 11.5 Å². The molecule has 0 radical (unpaired) electrons. The predicted molar refractivity (Wildman–Crippen MR) is 115 cm³/mol. The summed E-state index contributed by atoms with van der Waals surface area (Å²) in [6.45, 7) is 0. The molecule has 0 aliphatic carbocycles. The summed E-state index contributed by atoms with van der Waals surface area (Å²) in [4.78, 5) is 25.5. The minimum atomic E-state index is -0.803. The molecule has 1 aliphatic rings. The number of methoxy groups -OCH3 is 3. The Balaban J connectivity index is 1.63. The minimum Gasteiger partial charge on any atom is -0.497 e. The Morgan fingerprint density at radius 2 is 1.77 bits per heavy atom. The van der Waals surface area contributed by atoms with Crippen molar-refractivity contribution < 1.29 is 23.8 Å². The molecule has 2 heterocycles. The van der Waals surface area contributed by atoms with Gasteiger partial charge in [-0.25, -0.2) is 4.68 Å². The van der Waals surface area contributed by atoms with Crippen LogP contribution in [0.5, 0.6) is 17.2 Å². The van der Waals surface area contributed by atoms with Crippen LogP contribution in [-0.2, 0) is 9.59 Å². The average molecular weight is 422 g/mol. The van der Waals surface area contributed by atoms with Crippen LogP contribution in [0.1, 0.15) is 12.5 Å². The lowest BCUT2D eigenvalue weighted by Crippen LogP contribution is -2.35. The lowest BCUT2D eigenvalue weighted by atomic mass is 10.1. The van der Waals surface area contributed by atoms with Crippen LogP contribution in [-0.4, -0.2) is 42.9 Å². The van der Waals surface area contributed by atoms with Crippen molar-refractivity contribution in [2.75, 3.05) is 32.0 Å². The molecule has 1 aromatic heterocycles. The summed E-state index contributed by atoms with van der Waals surface area (Å²) < 4.78 is 17.3. The molecule has 1 atom stereocenters. The Kier molecular flexibility index (Phi) is 5.48. The summed E-state index contributed by atoms with van der Waals surface area (Å²) in [5, 5.41) is 10.0. The largest absolute Gasteiger partial charge is 0.497 e. The molecule has 0 fully saturated rings. The van der Waals surface area contributed by atoms with Crippen molar-refractivity contribution in [1.82, 2.24) is 9.78 Å². The first-order valence-corrected chi connectivity index (χ1v) is 9.58. The summed E-state index contributed by atoms with van der Waals surface area (Å²) in [6.07, 6.45) is 1.61. The highest BCUT2D eigenvalue weighted by Gasteiger charge is 2.33. The second-order valence-electron chi connectivity index (χ2n) is 6.90. The second kappa shape index (κ2) is 8.39. The molecular formula is C22H22N4O5. The number of aromatic nitrogens is 2. The second-order valence-corrected chi connectivity index (χ2v) is 6.90. The first kappa shape index (κ1) is 20.3. The van der Waals surface area contributed by atoms with Gasteiger partial charge in [0.1, 0.15) is 29.1 Å². The van der Waals surface area contributed by atoms with E-state index < -0.39 is 6.04 Å². The van der Waals surface area contributed by atoms with E-state index in [9.17, 15) is 9.59 Å². The van der Waals surface area contributed by atoms with E-state index in [1.807, 2.05) is 24.3 Å². The Labute approximate surface area is 178 Å². The molecule has 3 aromatic rings. The molecule has 1 unspecified atom stereocenters. The molecule has 0 bridgehead atoms. The lowest BCUT2D eigenvalue weighted by molar-refractivity contribution is -0.125. The van der Waals surface area contributed by atoms with Crippen LogP contribution in [0, 0.1) is 0 Å². The van der Waals surface area contributed by atoms with E-state index in [0.717, 1.165) is 16.9 Å². The van der Waals surface area contributed by atoms with Crippen LogP contribution in [0.2, 0.25) is 0 Å². The first-order chi connectivity index (χ1) is 15.0. The van der Waals surface area contributed by atoms with Crippen molar-refractivity contribution in [1.29, 1.82) is 0 Å². The van der Waals surface area contributed by atoms with Crippen molar-refractivity contribution in [3.63, 3.8) is 0 Å². The van der Waals surface area contributed by atoms with E-state index in [1.54, 1.807) is 38.6 Å². The van der Waals surface area contributed by atoms with Crippen molar-refractivity contribution in [3.05, 3.63) is 48.7 Å². The maximum Gasteiger partial charge on any atom is 0.249 e. The molecule has 9 nitrogen and oxygen atoms in total. The van der Waals surface area contributed by atoms with Gasteiger partial charge in [-0.15, -0.1) is 0 Å². The van der Waals surface area contributed by atoms with Gasteiger partial charge in [0, 0.05) is 11.6 Å². The van der Waals surface area contributed by atoms with Gasteiger partial charge in [-0.3, -0.25) is 9.59 Å². The molecule has 0 saturated carbocycles. The number of hydrogen-bond donors (Lipinski definition) is 2. The number of anilines is 2. The maximum absolute atomic E-state index is 13.1. The van der Waals surface area contributed by atoms with Gasteiger partial charge in [0.25, 0.3) is 0 Å².